The molecule has 2 aromatic heterocycles. The van der Waals surface area contributed by atoms with Gasteiger partial charge in [0.1, 0.15) is 11.4 Å². The molecule has 1 aliphatic rings. The Hall–Kier alpha value is -3.28. The van der Waals surface area contributed by atoms with Crippen molar-refractivity contribution in [1.82, 2.24) is 15.0 Å². The van der Waals surface area contributed by atoms with Crippen molar-refractivity contribution >= 4 is 11.8 Å². The van der Waals surface area contributed by atoms with E-state index in [-0.39, 0.29) is 0 Å². The second-order valence-corrected chi connectivity index (χ2v) is 6.61. The van der Waals surface area contributed by atoms with E-state index >= 15 is 0 Å². The summed E-state index contributed by atoms with van der Waals surface area (Å²) in [6.45, 7) is 3.84. The highest BCUT2D eigenvalue weighted by Gasteiger charge is 2.28. The fourth-order valence-corrected chi connectivity index (χ4v) is 3.43. The summed E-state index contributed by atoms with van der Waals surface area (Å²) in [5, 5.41) is 0. The lowest BCUT2D eigenvalue weighted by Gasteiger charge is -2.22. The van der Waals surface area contributed by atoms with Gasteiger partial charge in [-0.3, -0.25) is 4.98 Å². The molecule has 1 saturated heterocycles. The summed E-state index contributed by atoms with van der Waals surface area (Å²) in [5.41, 5.74) is 2.73. The lowest BCUT2D eigenvalue weighted by molar-refractivity contribution is 0.0527. The van der Waals surface area contributed by atoms with Crippen molar-refractivity contribution in [3.63, 3.8) is 0 Å². The van der Waals surface area contributed by atoms with Gasteiger partial charge in [-0.05, 0) is 31.9 Å². The van der Waals surface area contributed by atoms with Gasteiger partial charge in [0.25, 0.3) is 0 Å². The zero-order valence-corrected chi connectivity index (χ0v) is 15.8. The third-order valence-corrected chi connectivity index (χ3v) is 4.76. The number of pyridine rings is 1. The lowest BCUT2D eigenvalue weighted by Crippen LogP contribution is -2.24. The number of nitrogens with zero attached hydrogens (tertiary/aromatic N) is 4. The van der Waals surface area contributed by atoms with Crippen molar-refractivity contribution in [2.24, 2.45) is 0 Å². The van der Waals surface area contributed by atoms with Gasteiger partial charge in [-0.15, -0.1) is 0 Å². The normalized spacial score (nSPS) is 13.5. The van der Waals surface area contributed by atoms with E-state index in [2.05, 4.69) is 9.88 Å². The number of benzene rings is 1. The summed E-state index contributed by atoms with van der Waals surface area (Å²) < 4.78 is 5.37. The highest BCUT2D eigenvalue weighted by Crippen LogP contribution is 2.33. The molecule has 4 rings (SSSR count). The Balaban J connectivity index is 1.97. The van der Waals surface area contributed by atoms with Crippen molar-refractivity contribution < 1.29 is 9.53 Å². The predicted molar refractivity (Wildman–Crippen MR) is 108 cm³/mol. The molecular formula is C22H22N4O2. The molecule has 142 valence electrons. The highest BCUT2D eigenvalue weighted by molar-refractivity contribution is 6.01. The Morgan fingerprint density at radius 3 is 2.39 bits per heavy atom. The van der Waals surface area contributed by atoms with Crippen LogP contribution in [0.1, 0.15) is 30.1 Å². The predicted octanol–water partition coefficient (Wildman–Crippen LogP) is 3.98. The van der Waals surface area contributed by atoms with Gasteiger partial charge in [0.15, 0.2) is 5.82 Å². The number of esters is 1. The van der Waals surface area contributed by atoms with Crippen LogP contribution in [0.3, 0.4) is 0 Å². The molecule has 1 aliphatic heterocycles. The van der Waals surface area contributed by atoms with Gasteiger partial charge in [0.05, 0.1) is 12.3 Å². The number of hydrogen-bond acceptors (Lipinski definition) is 6. The largest absolute Gasteiger partial charge is 0.462 e. The second kappa shape index (κ2) is 8.17. The van der Waals surface area contributed by atoms with Gasteiger partial charge in [0, 0.05) is 36.6 Å². The number of aromatic nitrogens is 3. The fourth-order valence-electron chi connectivity index (χ4n) is 3.43. The summed E-state index contributed by atoms with van der Waals surface area (Å²) in [7, 11) is 0. The second-order valence-electron chi connectivity index (χ2n) is 6.61. The third-order valence-electron chi connectivity index (χ3n) is 4.76. The molecule has 0 spiro atoms. The number of anilines is 1. The van der Waals surface area contributed by atoms with E-state index < -0.39 is 5.97 Å². The Kier molecular flexibility index (Phi) is 5.28. The first-order valence-corrected chi connectivity index (χ1v) is 9.58. The van der Waals surface area contributed by atoms with Crippen molar-refractivity contribution in [1.29, 1.82) is 0 Å². The van der Waals surface area contributed by atoms with E-state index in [1.165, 1.54) is 0 Å². The Labute approximate surface area is 164 Å². The van der Waals surface area contributed by atoms with E-state index in [1.807, 2.05) is 42.5 Å². The van der Waals surface area contributed by atoms with Crippen LogP contribution >= 0.6 is 0 Å². The first-order valence-electron chi connectivity index (χ1n) is 9.58. The van der Waals surface area contributed by atoms with E-state index in [0.29, 0.717) is 29.5 Å². The Bertz CT molecular complexity index is 955. The van der Waals surface area contributed by atoms with E-state index in [1.54, 1.807) is 19.3 Å². The molecule has 0 aliphatic carbocycles. The van der Waals surface area contributed by atoms with Crippen LogP contribution in [0.5, 0.6) is 0 Å². The van der Waals surface area contributed by atoms with Crippen LogP contribution in [0.2, 0.25) is 0 Å². The van der Waals surface area contributed by atoms with Gasteiger partial charge in [-0.25, -0.2) is 14.8 Å². The van der Waals surface area contributed by atoms with Gasteiger partial charge in [-0.2, -0.15) is 0 Å². The average Bonchev–Trinajstić information content (AvgIpc) is 3.29. The maximum atomic E-state index is 12.9. The molecule has 3 heterocycles. The number of ether oxygens (including phenoxy) is 1. The minimum Gasteiger partial charge on any atom is -0.462 e. The van der Waals surface area contributed by atoms with Gasteiger partial charge in [-0.1, -0.05) is 30.3 Å². The maximum Gasteiger partial charge on any atom is 0.344 e. The number of carbonyl (C=O) groups is 1. The molecule has 0 N–H and O–H groups in total. The minimum absolute atomic E-state index is 0.300. The number of rotatable bonds is 5. The molecule has 0 amide bonds. The van der Waals surface area contributed by atoms with Crippen LogP contribution in [0.4, 0.5) is 5.82 Å². The third kappa shape index (κ3) is 3.58. The van der Waals surface area contributed by atoms with Gasteiger partial charge in [0.2, 0.25) is 0 Å². The monoisotopic (exact) mass is 374 g/mol. The number of hydrogen-bond donors (Lipinski definition) is 0. The van der Waals surface area contributed by atoms with Crippen molar-refractivity contribution in [2.45, 2.75) is 19.8 Å². The Morgan fingerprint density at radius 1 is 1.00 bits per heavy atom. The summed E-state index contributed by atoms with van der Waals surface area (Å²) in [5.74, 6) is 0.856. The van der Waals surface area contributed by atoms with Crippen LogP contribution in [-0.2, 0) is 4.74 Å². The van der Waals surface area contributed by atoms with Crippen molar-refractivity contribution in [3.05, 3.63) is 60.4 Å². The zero-order valence-electron chi connectivity index (χ0n) is 15.8. The van der Waals surface area contributed by atoms with E-state index in [9.17, 15) is 4.79 Å². The van der Waals surface area contributed by atoms with Crippen LogP contribution < -0.4 is 4.90 Å². The zero-order chi connectivity index (χ0) is 19.3. The average molecular weight is 374 g/mol. The number of carbonyl (C=O) groups excluding carboxylic acids is 1. The van der Waals surface area contributed by atoms with Crippen LogP contribution in [0, 0.1) is 0 Å². The molecule has 1 aromatic carbocycles. The first-order chi connectivity index (χ1) is 13.8. The molecule has 0 radical (unpaired) electrons. The van der Waals surface area contributed by atoms with Crippen LogP contribution in [0.15, 0.2) is 54.9 Å². The minimum atomic E-state index is -0.393. The molecule has 0 saturated carbocycles. The molecule has 0 bridgehead atoms. The fraction of sp³-hybridized carbons (Fsp3) is 0.273. The molecule has 6 heteroatoms. The van der Waals surface area contributed by atoms with E-state index in [4.69, 9.17) is 14.7 Å². The topological polar surface area (TPSA) is 68.2 Å². The molecule has 6 nitrogen and oxygen atoms in total. The maximum absolute atomic E-state index is 12.9. The molecule has 0 atom stereocenters. The summed E-state index contributed by atoms with van der Waals surface area (Å²) in [6.07, 6.45) is 5.56. The molecule has 28 heavy (non-hydrogen) atoms. The molecule has 0 unspecified atom stereocenters. The van der Waals surface area contributed by atoms with Crippen molar-refractivity contribution in [3.8, 4) is 22.6 Å². The standard InChI is InChI=1S/C22H22N4O2/c1-2-28-22(27)18-19(16-10-12-23-13-11-16)24-20(17-8-4-3-5-9-17)25-21(18)26-14-6-7-15-26/h3-5,8-13H,2,6-7,14-15H2,1H3. The molecule has 1 fully saturated rings. The van der Waals surface area contributed by atoms with Gasteiger partial charge < -0.3 is 9.64 Å². The SMILES string of the molecule is CCOC(=O)c1c(-c2ccncc2)nc(-c2ccccc2)nc1N1CCCC1. The highest BCUT2D eigenvalue weighted by atomic mass is 16.5. The quantitative estimate of drug-likeness (QED) is 0.629. The first kappa shape index (κ1) is 18.1. The van der Waals surface area contributed by atoms with Gasteiger partial charge >= 0.3 is 5.97 Å². The van der Waals surface area contributed by atoms with Crippen LogP contribution in [0.25, 0.3) is 22.6 Å². The van der Waals surface area contributed by atoms with Crippen molar-refractivity contribution in [2.75, 3.05) is 24.6 Å². The molecular weight excluding hydrogens is 352 g/mol. The molecule has 3 aromatic rings. The Morgan fingerprint density at radius 2 is 1.71 bits per heavy atom. The lowest BCUT2D eigenvalue weighted by atomic mass is 10.1. The summed E-state index contributed by atoms with van der Waals surface area (Å²) in [6, 6.07) is 13.5. The smallest absolute Gasteiger partial charge is 0.344 e. The summed E-state index contributed by atoms with van der Waals surface area (Å²) >= 11 is 0. The summed E-state index contributed by atoms with van der Waals surface area (Å²) in [4.78, 5) is 28.8. The van der Waals surface area contributed by atoms with E-state index in [0.717, 1.165) is 37.1 Å². The van der Waals surface area contributed by atoms with Crippen LogP contribution in [-0.4, -0.2) is 40.6 Å².